The Hall–Kier alpha value is -2.99. The zero-order chi connectivity index (χ0) is 22.4. The third-order valence-electron chi connectivity index (χ3n) is 5.06. The van der Waals surface area contributed by atoms with Crippen LogP contribution in [-0.4, -0.2) is 23.8 Å². The van der Waals surface area contributed by atoms with Gasteiger partial charge in [0.2, 0.25) is 5.91 Å². The highest BCUT2D eigenvalue weighted by atomic mass is 32.1. The van der Waals surface area contributed by atoms with Crippen LogP contribution in [0, 0.1) is 13.8 Å². The molecule has 0 radical (unpaired) electrons. The minimum Gasteiger partial charge on any atom is -0.497 e. The van der Waals surface area contributed by atoms with Crippen molar-refractivity contribution in [3.05, 3.63) is 64.0 Å². The summed E-state index contributed by atoms with van der Waals surface area (Å²) >= 11 is 1.51. The molecule has 0 atom stereocenters. The quantitative estimate of drug-likeness (QED) is 0.418. The van der Waals surface area contributed by atoms with Crippen LogP contribution in [0.5, 0.6) is 5.75 Å². The SMILES string of the molecule is CCCc1sc(NC(=O)CCC(=O)c2ccc(OC)cc2)nc1-c1cc(C)ccc1C. The number of nitrogens with one attached hydrogen (secondary N) is 1. The molecule has 3 aromatic rings. The van der Waals surface area contributed by atoms with E-state index in [-0.39, 0.29) is 24.5 Å². The lowest BCUT2D eigenvalue weighted by Crippen LogP contribution is -2.13. The third-order valence-corrected chi connectivity index (χ3v) is 6.09. The number of rotatable bonds is 9. The van der Waals surface area contributed by atoms with Crippen LogP contribution < -0.4 is 10.1 Å². The van der Waals surface area contributed by atoms with Gasteiger partial charge in [-0.15, -0.1) is 11.3 Å². The van der Waals surface area contributed by atoms with E-state index in [2.05, 4.69) is 44.3 Å². The maximum Gasteiger partial charge on any atom is 0.226 e. The van der Waals surface area contributed by atoms with Crippen LogP contribution >= 0.6 is 11.3 Å². The van der Waals surface area contributed by atoms with Crippen molar-refractivity contribution in [1.29, 1.82) is 0 Å². The molecule has 162 valence electrons. The van der Waals surface area contributed by atoms with E-state index in [0.717, 1.165) is 29.7 Å². The van der Waals surface area contributed by atoms with Crippen LogP contribution in [0.15, 0.2) is 42.5 Å². The van der Waals surface area contributed by atoms with Crippen LogP contribution in [0.1, 0.15) is 52.5 Å². The molecular formula is C25H28N2O3S. The van der Waals surface area contributed by atoms with Crippen molar-refractivity contribution in [3.8, 4) is 17.0 Å². The van der Waals surface area contributed by atoms with Crippen LogP contribution in [0.4, 0.5) is 5.13 Å². The smallest absolute Gasteiger partial charge is 0.226 e. The van der Waals surface area contributed by atoms with Gasteiger partial charge in [-0.1, -0.05) is 31.0 Å². The van der Waals surface area contributed by atoms with E-state index < -0.39 is 0 Å². The second-order valence-electron chi connectivity index (χ2n) is 7.56. The van der Waals surface area contributed by atoms with Gasteiger partial charge in [0.05, 0.1) is 12.8 Å². The van der Waals surface area contributed by atoms with Crippen LogP contribution in [0.3, 0.4) is 0 Å². The Bertz CT molecular complexity index is 1070. The summed E-state index contributed by atoms with van der Waals surface area (Å²) in [7, 11) is 1.58. The largest absolute Gasteiger partial charge is 0.497 e. The molecular weight excluding hydrogens is 408 g/mol. The molecule has 2 aromatic carbocycles. The number of Topliss-reactive ketones (excluding diaryl/α,β-unsaturated/α-hetero) is 1. The lowest BCUT2D eigenvalue weighted by atomic mass is 10.0. The van der Waals surface area contributed by atoms with Gasteiger partial charge in [-0.05, 0) is 56.2 Å². The average Bonchev–Trinajstić information content (AvgIpc) is 3.16. The summed E-state index contributed by atoms with van der Waals surface area (Å²) in [6.07, 6.45) is 2.18. The highest BCUT2D eigenvalue weighted by Crippen LogP contribution is 2.34. The van der Waals surface area contributed by atoms with E-state index in [9.17, 15) is 9.59 Å². The van der Waals surface area contributed by atoms with Crippen molar-refractivity contribution in [1.82, 2.24) is 4.98 Å². The number of ether oxygens (including phenoxy) is 1. The number of amides is 1. The van der Waals surface area contributed by atoms with E-state index in [0.29, 0.717) is 16.4 Å². The van der Waals surface area contributed by atoms with Crippen molar-refractivity contribution in [2.24, 2.45) is 0 Å². The van der Waals surface area contributed by atoms with Crippen LogP contribution in [0.2, 0.25) is 0 Å². The molecule has 5 nitrogen and oxygen atoms in total. The molecule has 1 amide bonds. The first-order valence-electron chi connectivity index (χ1n) is 10.5. The zero-order valence-electron chi connectivity index (χ0n) is 18.5. The molecule has 1 aromatic heterocycles. The second kappa shape index (κ2) is 10.4. The monoisotopic (exact) mass is 436 g/mol. The van der Waals surface area contributed by atoms with Gasteiger partial charge in [0.25, 0.3) is 0 Å². The lowest BCUT2D eigenvalue weighted by Gasteiger charge is -2.06. The molecule has 0 aliphatic heterocycles. The normalized spacial score (nSPS) is 10.7. The fraction of sp³-hybridized carbons (Fsp3) is 0.320. The number of nitrogens with zero attached hydrogens (tertiary/aromatic N) is 1. The number of hydrogen-bond acceptors (Lipinski definition) is 5. The summed E-state index contributed by atoms with van der Waals surface area (Å²) in [5.74, 6) is 0.423. The Morgan fingerprint density at radius 1 is 1.06 bits per heavy atom. The number of methoxy groups -OCH3 is 1. The number of thiazole rings is 1. The van der Waals surface area contributed by atoms with Crippen LogP contribution in [0.25, 0.3) is 11.3 Å². The third kappa shape index (κ3) is 5.79. The first-order valence-corrected chi connectivity index (χ1v) is 11.3. The van der Waals surface area contributed by atoms with E-state index in [4.69, 9.17) is 9.72 Å². The van der Waals surface area contributed by atoms with Gasteiger partial charge in [-0.3, -0.25) is 9.59 Å². The second-order valence-corrected chi connectivity index (χ2v) is 8.64. The Morgan fingerprint density at radius 2 is 1.81 bits per heavy atom. The number of anilines is 1. The number of hydrogen-bond donors (Lipinski definition) is 1. The molecule has 31 heavy (non-hydrogen) atoms. The molecule has 0 bridgehead atoms. The Morgan fingerprint density at radius 3 is 2.48 bits per heavy atom. The van der Waals surface area contributed by atoms with Gasteiger partial charge >= 0.3 is 0 Å². The van der Waals surface area contributed by atoms with E-state index in [1.54, 1.807) is 31.4 Å². The van der Waals surface area contributed by atoms with Crippen molar-refractivity contribution in [2.75, 3.05) is 12.4 Å². The molecule has 3 rings (SSSR count). The molecule has 1 N–H and O–H groups in total. The molecule has 0 aliphatic rings. The molecule has 0 saturated heterocycles. The number of carbonyl (C=O) groups excluding carboxylic acids is 2. The molecule has 0 aliphatic carbocycles. The summed E-state index contributed by atoms with van der Waals surface area (Å²) in [5, 5.41) is 3.47. The number of ketones is 1. The molecule has 6 heteroatoms. The summed E-state index contributed by atoms with van der Waals surface area (Å²) in [6, 6.07) is 13.2. The molecule has 0 unspecified atom stereocenters. The Labute approximate surface area is 187 Å². The predicted molar refractivity (Wildman–Crippen MR) is 126 cm³/mol. The van der Waals surface area contributed by atoms with Gasteiger partial charge in [0, 0.05) is 28.8 Å². The number of aromatic nitrogens is 1. The summed E-state index contributed by atoms with van der Waals surface area (Å²) in [6.45, 7) is 6.28. The predicted octanol–water partition coefficient (Wildman–Crippen LogP) is 5.99. The maximum atomic E-state index is 12.5. The number of benzene rings is 2. The van der Waals surface area contributed by atoms with E-state index in [1.807, 2.05) is 0 Å². The van der Waals surface area contributed by atoms with Gasteiger partial charge < -0.3 is 10.1 Å². The molecule has 0 fully saturated rings. The Kier molecular flexibility index (Phi) is 7.58. The van der Waals surface area contributed by atoms with E-state index >= 15 is 0 Å². The number of aryl methyl sites for hydroxylation is 3. The molecule has 0 saturated carbocycles. The molecule has 0 spiro atoms. The number of carbonyl (C=O) groups is 2. The van der Waals surface area contributed by atoms with Gasteiger partial charge in [0.15, 0.2) is 10.9 Å². The minimum absolute atomic E-state index is 0.0697. The van der Waals surface area contributed by atoms with Crippen LogP contribution in [-0.2, 0) is 11.2 Å². The fourth-order valence-corrected chi connectivity index (χ4v) is 4.43. The van der Waals surface area contributed by atoms with E-state index in [1.165, 1.54) is 21.8 Å². The zero-order valence-corrected chi connectivity index (χ0v) is 19.3. The topological polar surface area (TPSA) is 68.3 Å². The van der Waals surface area contributed by atoms with Crippen molar-refractivity contribution in [3.63, 3.8) is 0 Å². The fourth-order valence-electron chi connectivity index (χ4n) is 3.33. The lowest BCUT2D eigenvalue weighted by molar-refractivity contribution is -0.116. The first-order chi connectivity index (χ1) is 14.9. The maximum absolute atomic E-state index is 12.5. The summed E-state index contributed by atoms with van der Waals surface area (Å²) in [4.78, 5) is 30.7. The highest BCUT2D eigenvalue weighted by molar-refractivity contribution is 7.16. The average molecular weight is 437 g/mol. The standard InChI is InChI=1S/C25H28N2O3S/c1-5-6-22-24(20-15-16(2)7-8-17(20)3)27-25(31-22)26-23(29)14-13-21(28)18-9-11-19(30-4)12-10-18/h7-12,15H,5-6,13-14H2,1-4H3,(H,26,27,29). The van der Waals surface area contributed by atoms with Crippen molar-refractivity contribution < 1.29 is 14.3 Å². The Balaban J connectivity index is 1.68. The van der Waals surface area contributed by atoms with Gasteiger partial charge in [-0.25, -0.2) is 4.98 Å². The van der Waals surface area contributed by atoms with Crippen molar-refractivity contribution >= 4 is 28.2 Å². The summed E-state index contributed by atoms with van der Waals surface area (Å²) in [5.41, 5.74) is 4.97. The molecule has 1 heterocycles. The van der Waals surface area contributed by atoms with Crippen molar-refractivity contribution in [2.45, 2.75) is 46.5 Å². The highest BCUT2D eigenvalue weighted by Gasteiger charge is 2.17. The van der Waals surface area contributed by atoms with Gasteiger partial charge in [-0.2, -0.15) is 0 Å². The summed E-state index contributed by atoms with van der Waals surface area (Å²) < 4.78 is 5.11. The van der Waals surface area contributed by atoms with Gasteiger partial charge in [0.1, 0.15) is 5.75 Å². The first kappa shape index (κ1) is 22.7. The minimum atomic E-state index is -0.203.